The molecule has 0 heterocycles. The summed E-state index contributed by atoms with van der Waals surface area (Å²) >= 11 is 0. The van der Waals surface area contributed by atoms with Gasteiger partial charge in [0.25, 0.3) is 0 Å². The number of carbonyl (C=O) groups is 1. The van der Waals surface area contributed by atoms with E-state index in [-0.39, 0.29) is 5.78 Å². The average molecular weight is 293 g/mol. The van der Waals surface area contributed by atoms with Crippen LogP contribution in [0.4, 0.5) is 0 Å². The molecule has 0 spiro atoms. The summed E-state index contributed by atoms with van der Waals surface area (Å²) in [7, 11) is 0.233. The van der Waals surface area contributed by atoms with Crippen LogP contribution in [0.2, 0.25) is 0 Å². The molecule has 20 heavy (non-hydrogen) atoms. The molecule has 108 valence electrons. The molecule has 0 aromatic heterocycles. The molecule has 0 aliphatic carbocycles. The third kappa shape index (κ3) is 4.17. The first-order valence-corrected chi connectivity index (χ1v) is 7.61. The maximum Gasteiger partial charge on any atom is 0.159 e. The van der Waals surface area contributed by atoms with Crippen molar-refractivity contribution in [1.29, 1.82) is 5.26 Å². The van der Waals surface area contributed by atoms with E-state index in [1.807, 2.05) is 13.8 Å². The van der Waals surface area contributed by atoms with E-state index in [1.54, 1.807) is 18.2 Å². The second-order valence-corrected chi connectivity index (χ2v) is 6.76. The van der Waals surface area contributed by atoms with E-state index >= 15 is 0 Å². The molecule has 0 saturated carbocycles. The molecule has 0 aliphatic heterocycles. The van der Waals surface area contributed by atoms with Crippen molar-refractivity contribution in [2.75, 3.05) is 12.9 Å². The van der Waals surface area contributed by atoms with Gasteiger partial charge in [0.15, 0.2) is 5.78 Å². The van der Waals surface area contributed by atoms with E-state index in [0.29, 0.717) is 28.4 Å². The molecule has 0 amide bonds. The lowest BCUT2D eigenvalue weighted by atomic mass is 9.93. The Morgan fingerprint density at radius 1 is 1.45 bits per heavy atom. The molecule has 1 aromatic carbocycles. The van der Waals surface area contributed by atoms with Crippen LogP contribution >= 0.6 is 0 Å². The Balaban J connectivity index is 2.94. The Hall–Kier alpha value is -1.67. The van der Waals surface area contributed by atoms with Gasteiger partial charge in [-0.25, -0.2) is 0 Å². The first-order chi connectivity index (χ1) is 9.30. The predicted molar refractivity (Wildman–Crippen MR) is 78.3 cm³/mol. The van der Waals surface area contributed by atoms with Crippen molar-refractivity contribution in [3.63, 3.8) is 0 Å². The molecule has 5 heteroatoms. The number of benzene rings is 1. The summed E-state index contributed by atoms with van der Waals surface area (Å²) in [4.78, 5) is 11.9. The number of nitriles is 1. The van der Waals surface area contributed by atoms with Gasteiger partial charge in [0.05, 0.1) is 34.3 Å². The van der Waals surface area contributed by atoms with Crippen LogP contribution in [-0.4, -0.2) is 22.9 Å². The minimum atomic E-state index is -1.25. The molecular weight excluding hydrogens is 274 g/mol. The van der Waals surface area contributed by atoms with E-state index < -0.39 is 16.2 Å². The van der Waals surface area contributed by atoms with Gasteiger partial charge >= 0.3 is 0 Å². The summed E-state index contributed by atoms with van der Waals surface area (Å²) < 4.78 is 17.5. The van der Waals surface area contributed by atoms with Crippen LogP contribution in [0.5, 0.6) is 5.75 Å². The van der Waals surface area contributed by atoms with Crippen molar-refractivity contribution in [2.45, 2.75) is 32.1 Å². The van der Waals surface area contributed by atoms with Gasteiger partial charge in [-0.3, -0.25) is 9.00 Å². The zero-order valence-electron chi connectivity index (χ0n) is 12.2. The first-order valence-electron chi connectivity index (χ1n) is 6.29. The van der Waals surface area contributed by atoms with Crippen LogP contribution < -0.4 is 4.74 Å². The van der Waals surface area contributed by atoms with Gasteiger partial charge < -0.3 is 4.74 Å². The Morgan fingerprint density at radius 2 is 2.10 bits per heavy atom. The third-order valence-electron chi connectivity index (χ3n) is 3.03. The van der Waals surface area contributed by atoms with Gasteiger partial charge in [-0.2, -0.15) is 5.26 Å². The van der Waals surface area contributed by atoms with E-state index in [1.165, 1.54) is 14.0 Å². The molecule has 4 nitrogen and oxygen atoms in total. The lowest BCUT2D eigenvalue weighted by Gasteiger charge is -2.15. The summed E-state index contributed by atoms with van der Waals surface area (Å²) in [5, 5.41) is 8.96. The summed E-state index contributed by atoms with van der Waals surface area (Å²) in [5.74, 6) is 0.771. The van der Waals surface area contributed by atoms with Crippen molar-refractivity contribution < 1.29 is 13.7 Å². The molecule has 0 radical (unpaired) electrons. The number of Topliss-reactive ketones (excluding diaryl/α,β-unsaturated/α-hetero) is 1. The van der Waals surface area contributed by atoms with Crippen molar-refractivity contribution in [2.24, 2.45) is 5.41 Å². The van der Waals surface area contributed by atoms with Crippen LogP contribution in [0.1, 0.15) is 37.6 Å². The number of nitrogens with zero attached hydrogens (tertiary/aromatic N) is 1. The molecule has 0 fully saturated rings. The van der Waals surface area contributed by atoms with E-state index in [0.717, 1.165) is 0 Å². The van der Waals surface area contributed by atoms with E-state index in [9.17, 15) is 9.00 Å². The summed E-state index contributed by atoms with van der Waals surface area (Å²) in [6.45, 7) is 5.11. The number of ether oxygens (including phenoxy) is 1. The monoisotopic (exact) mass is 293 g/mol. The van der Waals surface area contributed by atoms with Crippen LogP contribution in [0.3, 0.4) is 0 Å². The molecule has 0 saturated heterocycles. The minimum Gasteiger partial charge on any atom is -0.495 e. The van der Waals surface area contributed by atoms with E-state index in [4.69, 9.17) is 10.00 Å². The molecule has 1 aromatic rings. The number of carbonyl (C=O) groups excluding carboxylic acids is 1. The fourth-order valence-corrected chi connectivity index (χ4v) is 3.09. The second-order valence-electron chi connectivity index (χ2n) is 5.22. The van der Waals surface area contributed by atoms with Crippen LogP contribution in [0.25, 0.3) is 0 Å². The minimum absolute atomic E-state index is 0.0637. The highest BCUT2D eigenvalue weighted by molar-refractivity contribution is 7.85. The molecule has 0 bridgehead atoms. The van der Waals surface area contributed by atoms with Crippen LogP contribution in [0.15, 0.2) is 23.1 Å². The van der Waals surface area contributed by atoms with Gasteiger partial charge in [0.2, 0.25) is 0 Å². The van der Waals surface area contributed by atoms with Crippen molar-refractivity contribution in [3.8, 4) is 11.8 Å². The fraction of sp³-hybridized carbons (Fsp3) is 0.467. The fourth-order valence-electron chi connectivity index (χ4n) is 1.59. The van der Waals surface area contributed by atoms with Crippen LogP contribution in [0, 0.1) is 16.7 Å². The van der Waals surface area contributed by atoms with Crippen molar-refractivity contribution in [3.05, 3.63) is 23.8 Å². The van der Waals surface area contributed by atoms with Crippen molar-refractivity contribution >= 4 is 16.6 Å². The smallest absolute Gasteiger partial charge is 0.159 e. The third-order valence-corrected chi connectivity index (χ3v) is 4.43. The van der Waals surface area contributed by atoms with Gasteiger partial charge in [-0.05, 0) is 45.4 Å². The Kier molecular flexibility index (Phi) is 5.46. The number of rotatable bonds is 6. The average Bonchev–Trinajstić information content (AvgIpc) is 2.44. The number of hydrogen-bond donors (Lipinski definition) is 0. The highest BCUT2D eigenvalue weighted by Crippen LogP contribution is 2.26. The van der Waals surface area contributed by atoms with Gasteiger partial charge in [-0.1, -0.05) is 0 Å². The maximum atomic E-state index is 12.3. The Morgan fingerprint density at radius 3 is 2.60 bits per heavy atom. The highest BCUT2D eigenvalue weighted by atomic mass is 32.2. The Bertz CT molecular complexity index is 573. The van der Waals surface area contributed by atoms with Crippen molar-refractivity contribution in [1.82, 2.24) is 0 Å². The highest BCUT2D eigenvalue weighted by Gasteiger charge is 2.20. The largest absolute Gasteiger partial charge is 0.495 e. The molecule has 0 N–H and O–H groups in total. The topological polar surface area (TPSA) is 67.2 Å². The molecule has 1 unspecified atom stereocenters. The first kappa shape index (κ1) is 16.4. The van der Waals surface area contributed by atoms with Gasteiger partial charge in [-0.15, -0.1) is 0 Å². The molecule has 1 rings (SSSR count). The zero-order valence-corrected chi connectivity index (χ0v) is 13.0. The lowest BCUT2D eigenvalue weighted by Crippen LogP contribution is -2.13. The summed E-state index contributed by atoms with van der Waals surface area (Å²) in [5.41, 5.74) is 0.0299. The molecule has 0 aliphatic rings. The molecule has 1 atom stereocenters. The quantitative estimate of drug-likeness (QED) is 0.756. The number of hydrogen-bond acceptors (Lipinski definition) is 4. The molecular formula is C15H19NO3S. The lowest BCUT2D eigenvalue weighted by molar-refractivity contribution is 0.101. The summed E-state index contributed by atoms with van der Waals surface area (Å²) in [6.07, 6.45) is 0.535. The SMILES string of the molecule is COc1cc(C(C)=O)ccc1S(=O)CCC(C)(C)C#N. The summed E-state index contributed by atoms with van der Waals surface area (Å²) in [6, 6.07) is 7.10. The Labute approximate surface area is 122 Å². The number of methoxy groups -OCH3 is 1. The maximum absolute atomic E-state index is 12.3. The van der Waals surface area contributed by atoms with Gasteiger partial charge in [0.1, 0.15) is 5.75 Å². The van der Waals surface area contributed by atoms with E-state index in [2.05, 4.69) is 6.07 Å². The normalized spacial score (nSPS) is 12.6. The van der Waals surface area contributed by atoms with Gasteiger partial charge in [0, 0.05) is 11.3 Å². The number of ketones is 1. The second kappa shape index (κ2) is 6.67. The van der Waals surface area contributed by atoms with Crippen LogP contribution in [-0.2, 0) is 10.8 Å². The standard InChI is InChI=1S/C15H19NO3S/c1-11(17)12-5-6-14(13(9-12)19-4)20(18)8-7-15(2,3)10-16/h5-6,9H,7-8H2,1-4H3. The zero-order chi connectivity index (χ0) is 15.3. The predicted octanol–water partition coefficient (Wildman–Crippen LogP) is 2.95.